The van der Waals surface area contributed by atoms with Gasteiger partial charge in [0.2, 0.25) is 0 Å². The van der Waals surface area contributed by atoms with Gasteiger partial charge in [-0.15, -0.1) is 0 Å². The van der Waals surface area contributed by atoms with Gasteiger partial charge in [-0.25, -0.2) is 0 Å². The summed E-state index contributed by atoms with van der Waals surface area (Å²) in [5, 5.41) is 0. The van der Waals surface area contributed by atoms with Crippen LogP contribution < -0.4 is 9.47 Å². The fourth-order valence-electron chi connectivity index (χ4n) is 2.87. The Bertz CT molecular complexity index is 657. The van der Waals surface area contributed by atoms with E-state index in [1.165, 1.54) is 5.56 Å². The molecule has 0 saturated carbocycles. The molecule has 3 nitrogen and oxygen atoms in total. The molecule has 22 heavy (non-hydrogen) atoms. The summed E-state index contributed by atoms with van der Waals surface area (Å²) in [7, 11) is 3.38. The third kappa shape index (κ3) is 2.93. The first-order valence-electron chi connectivity index (χ1n) is 7.53. The first-order valence-corrected chi connectivity index (χ1v) is 7.53. The zero-order chi connectivity index (χ0) is 15.4. The second-order valence-corrected chi connectivity index (χ2v) is 5.38. The van der Waals surface area contributed by atoms with Gasteiger partial charge in [-0.05, 0) is 41.9 Å². The van der Waals surface area contributed by atoms with Crippen molar-refractivity contribution in [3.8, 4) is 22.6 Å². The number of methoxy groups -OCH3 is 2. The maximum atomic E-state index is 5.51. The van der Waals surface area contributed by atoms with Crippen molar-refractivity contribution < 1.29 is 9.47 Å². The average molecular weight is 295 g/mol. The summed E-state index contributed by atoms with van der Waals surface area (Å²) < 4.78 is 11.0. The molecule has 0 unspecified atom stereocenters. The van der Waals surface area contributed by atoms with Crippen LogP contribution in [0, 0.1) is 0 Å². The molecule has 0 atom stereocenters. The minimum Gasteiger partial charge on any atom is -0.496 e. The average Bonchev–Trinajstić information content (AvgIpc) is 3.07. The van der Waals surface area contributed by atoms with Crippen LogP contribution in [0.3, 0.4) is 0 Å². The number of hydrogen-bond acceptors (Lipinski definition) is 3. The van der Waals surface area contributed by atoms with E-state index in [0.29, 0.717) is 0 Å². The van der Waals surface area contributed by atoms with Gasteiger partial charge >= 0.3 is 0 Å². The van der Waals surface area contributed by atoms with Crippen molar-refractivity contribution in [3.05, 3.63) is 60.3 Å². The van der Waals surface area contributed by atoms with Gasteiger partial charge in [0.1, 0.15) is 11.5 Å². The van der Waals surface area contributed by atoms with Gasteiger partial charge in [0.25, 0.3) is 0 Å². The van der Waals surface area contributed by atoms with Gasteiger partial charge in [-0.1, -0.05) is 30.3 Å². The van der Waals surface area contributed by atoms with Crippen LogP contribution >= 0.6 is 0 Å². The second-order valence-electron chi connectivity index (χ2n) is 5.38. The van der Waals surface area contributed by atoms with E-state index in [2.05, 4.69) is 41.4 Å². The fraction of sp³-hybridized carbons (Fsp3) is 0.263. The van der Waals surface area contributed by atoms with Crippen LogP contribution in [0.15, 0.2) is 54.7 Å². The van der Waals surface area contributed by atoms with E-state index >= 15 is 0 Å². The molecule has 0 aromatic heterocycles. The van der Waals surface area contributed by atoms with E-state index in [0.717, 1.165) is 42.1 Å². The molecular weight excluding hydrogens is 274 g/mol. The lowest BCUT2D eigenvalue weighted by Gasteiger charge is -2.17. The van der Waals surface area contributed by atoms with Crippen molar-refractivity contribution in [1.29, 1.82) is 0 Å². The maximum absolute atomic E-state index is 5.51. The Hall–Kier alpha value is -2.42. The summed E-state index contributed by atoms with van der Waals surface area (Å²) in [6.07, 6.45) is 5.53. The summed E-state index contributed by atoms with van der Waals surface area (Å²) in [5.74, 6) is 1.66. The summed E-state index contributed by atoms with van der Waals surface area (Å²) in [5.41, 5.74) is 3.42. The largest absolute Gasteiger partial charge is 0.496 e. The van der Waals surface area contributed by atoms with Gasteiger partial charge in [0, 0.05) is 13.1 Å². The third-order valence-corrected chi connectivity index (χ3v) is 3.93. The number of ether oxygens (including phenoxy) is 2. The van der Waals surface area contributed by atoms with E-state index in [-0.39, 0.29) is 0 Å². The Balaban J connectivity index is 1.96. The zero-order valence-electron chi connectivity index (χ0n) is 13.1. The SMILES string of the molecule is COc1cccc(OC)c1-c1cccc(CN2C=CCC2)c1. The number of hydrogen-bond donors (Lipinski definition) is 0. The number of nitrogens with zero attached hydrogens (tertiary/aromatic N) is 1. The lowest BCUT2D eigenvalue weighted by atomic mass is 10.0. The smallest absolute Gasteiger partial charge is 0.130 e. The molecule has 1 aliphatic heterocycles. The van der Waals surface area contributed by atoms with Crippen LogP contribution in [0.1, 0.15) is 12.0 Å². The predicted octanol–water partition coefficient (Wildman–Crippen LogP) is 4.09. The molecule has 0 saturated heterocycles. The molecule has 2 aromatic rings. The van der Waals surface area contributed by atoms with E-state index in [1.54, 1.807) is 14.2 Å². The minimum atomic E-state index is 0.831. The predicted molar refractivity (Wildman–Crippen MR) is 89.1 cm³/mol. The Morgan fingerprint density at radius 3 is 2.36 bits per heavy atom. The summed E-state index contributed by atoms with van der Waals surface area (Å²) >= 11 is 0. The zero-order valence-corrected chi connectivity index (χ0v) is 13.1. The fourth-order valence-corrected chi connectivity index (χ4v) is 2.87. The van der Waals surface area contributed by atoms with Crippen LogP contribution in [0.2, 0.25) is 0 Å². The number of benzene rings is 2. The highest BCUT2D eigenvalue weighted by Gasteiger charge is 2.13. The standard InChI is InChI=1S/C19H21NO2/c1-21-17-9-6-10-18(22-2)19(17)16-8-5-7-15(13-16)14-20-11-3-4-12-20/h3,5-11,13H,4,12,14H2,1-2H3. The van der Waals surface area contributed by atoms with Crippen LogP contribution in [0.25, 0.3) is 11.1 Å². The van der Waals surface area contributed by atoms with Crippen molar-refractivity contribution in [2.45, 2.75) is 13.0 Å². The molecule has 0 amide bonds. The van der Waals surface area contributed by atoms with Gasteiger partial charge in [0.15, 0.2) is 0 Å². The molecule has 0 spiro atoms. The molecular formula is C19H21NO2. The molecule has 0 bridgehead atoms. The van der Waals surface area contributed by atoms with Gasteiger partial charge in [-0.3, -0.25) is 0 Å². The second kappa shape index (κ2) is 6.56. The first kappa shape index (κ1) is 14.5. The van der Waals surface area contributed by atoms with Crippen molar-refractivity contribution in [3.63, 3.8) is 0 Å². The Morgan fingerprint density at radius 2 is 1.73 bits per heavy atom. The van der Waals surface area contributed by atoms with Crippen LogP contribution in [-0.4, -0.2) is 25.7 Å². The molecule has 2 aromatic carbocycles. The lowest BCUT2D eigenvalue weighted by Crippen LogP contribution is -2.13. The van der Waals surface area contributed by atoms with Crippen LogP contribution in [0.5, 0.6) is 11.5 Å². The Kier molecular flexibility index (Phi) is 4.33. The third-order valence-electron chi connectivity index (χ3n) is 3.93. The topological polar surface area (TPSA) is 21.7 Å². The van der Waals surface area contributed by atoms with E-state index < -0.39 is 0 Å². The van der Waals surface area contributed by atoms with Gasteiger partial charge < -0.3 is 14.4 Å². The summed E-state index contributed by atoms with van der Waals surface area (Å²) in [4.78, 5) is 2.33. The molecule has 114 valence electrons. The molecule has 3 heteroatoms. The molecule has 0 radical (unpaired) electrons. The molecule has 3 rings (SSSR count). The summed E-state index contributed by atoms with van der Waals surface area (Å²) in [6.45, 7) is 2.03. The molecule has 0 N–H and O–H groups in total. The molecule has 0 aliphatic carbocycles. The van der Waals surface area contributed by atoms with Crippen molar-refractivity contribution >= 4 is 0 Å². The van der Waals surface area contributed by atoms with E-state index in [9.17, 15) is 0 Å². The van der Waals surface area contributed by atoms with E-state index in [1.807, 2.05) is 18.2 Å². The normalized spacial score (nSPS) is 13.5. The molecule has 1 aliphatic rings. The van der Waals surface area contributed by atoms with E-state index in [4.69, 9.17) is 9.47 Å². The highest BCUT2D eigenvalue weighted by atomic mass is 16.5. The maximum Gasteiger partial charge on any atom is 0.130 e. The first-order chi connectivity index (χ1) is 10.8. The lowest BCUT2D eigenvalue weighted by molar-refractivity contribution is 0.397. The Labute approximate surface area is 131 Å². The summed E-state index contributed by atoms with van der Waals surface area (Å²) in [6, 6.07) is 14.5. The van der Waals surface area contributed by atoms with Crippen molar-refractivity contribution in [2.24, 2.45) is 0 Å². The molecule has 1 heterocycles. The van der Waals surface area contributed by atoms with Gasteiger partial charge in [0.05, 0.1) is 19.8 Å². The Morgan fingerprint density at radius 1 is 1.00 bits per heavy atom. The molecule has 0 fully saturated rings. The van der Waals surface area contributed by atoms with Crippen LogP contribution in [-0.2, 0) is 6.54 Å². The monoisotopic (exact) mass is 295 g/mol. The highest BCUT2D eigenvalue weighted by molar-refractivity contribution is 5.77. The quantitative estimate of drug-likeness (QED) is 0.829. The van der Waals surface area contributed by atoms with Gasteiger partial charge in [-0.2, -0.15) is 0 Å². The number of rotatable bonds is 5. The van der Waals surface area contributed by atoms with Crippen LogP contribution in [0.4, 0.5) is 0 Å². The minimum absolute atomic E-state index is 0.831. The van der Waals surface area contributed by atoms with Crippen molar-refractivity contribution in [2.75, 3.05) is 20.8 Å². The highest BCUT2D eigenvalue weighted by Crippen LogP contribution is 2.38. The van der Waals surface area contributed by atoms with Crippen molar-refractivity contribution in [1.82, 2.24) is 4.90 Å².